The van der Waals surface area contributed by atoms with Crippen molar-refractivity contribution in [3.63, 3.8) is 0 Å². The second-order valence-electron chi connectivity index (χ2n) is 4.25. The number of benzene rings is 2. The van der Waals surface area contributed by atoms with Gasteiger partial charge in [0, 0.05) is 5.56 Å². The van der Waals surface area contributed by atoms with E-state index >= 15 is 0 Å². The highest BCUT2D eigenvalue weighted by molar-refractivity contribution is 6.40. The molecule has 2 aromatic carbocycles. The van der Waals surface area contributed by atoms with Gasteiger partial charge in [-0.25, -0.2) is 0 Å². The first-order valence-corrected chi connectivity index (χ1v) is 6.92. The van der Waals surface area contributed by atoms with Crippen molar-refractivity contribution in [2.75, 3.05) is 11.9 Å². The summed E-state index contributed by atoms with van der Waals surface area (Å²) in [6, 6.07) is 12.4. The number of carbonyl (C=O) groups excluding carboxylic acids is 1. The number of carbonyl (C=O) groups is 1. The molecule has 0 aliphatic heterocycles. The average Bonchev–Trinajstić information content (AvgIpc) is 2.44. The molecule has 0 aliphatic rings. The maximum Gasteiger partial charge on any atom is 0.256 e. The molecule has 0 saturated heterocycles. The molecule has 20 heavy (non-hydrogen) atoms. The number of halogens is 2. The van der Waals surface area contributed by atoms with Crippen molar-refractivity contribution in [3.05, 3.63) is 63.6 Å². The Bertz CT molecular complexity index is 609. The number of nitrogens with two attached hydrogens (primary N) is 1. The van der Waals surface area contributed by atoms with Crippen LogP contribution in [-0.4, -0.2) is 12.5 Å². The standard InChI is InChI=1S/C15H14Cl2N2O/c16-12-6-3-7-13(17)14(12)19-15(20)11-5-2-1-4-10(11)8-9-18/h1-7H,8-9,18H2,(H,19,20). The zero-order valence-corrected chi connectivity index (χ0v) is 12.2. The van der Waals surface area contributed by atoms with Gasteiger partial charge in [0.15, 0.2) is 0 Å². The maximum absolute atomic E-state index is 12.3. The Hall–Kier alpha value is -1.55. The van der Waals surface area contributed by atoms with Gasteiger partial charge in [0.05, 0.1) is 15.7 Å². The van der Waals surface area contributed by atoms with E-state index in [2.05, 4.69) is 5.32 Å². The third-order valence-electron chi connectivity index (χ3n) is 2.88. The number of para-hydroxylation sites is 1. The van der Waals surface area contributed by atoms with Gasteiger partial charge in [-0.3, -0.25) is 4.79 Å². The third-order valence-corrected chi connectivity index (χ3v) is 3.51. The van der Waals surface area contributed by atoms with Crippen molar-refractivity contribution >= 4 is 34.8 Å². The van der Waals surface area contributed by atoms with Gasteiger partial charge in [-0.05, 0) is 36.7 Å². The molecule has 104 valence electrons. The summed E-state index contributed by atoms with van der Waals surface area (Å²) >= 11 is 12.1. The fourth-order valence-corrected chi connectivity index (χ4v) is 2.41. The molecule has 0 saturated carbocycles. The molecule has 0 atom stereocenters. The van der Waals surface area contributed by atoms with E-state index in [1.165, 1.54) is 0 Å². The van der Waals surface area contributed by atoms with Crippen LogP contribution in [0.15, 0.2) is 42.5 Å². The van der Waals surface area contributed by atoms with E-state index < -0.39 is 0 Å². The van der Waals surface area contributed by atoms with Crippen LogP contribution in [0.25, 0.3) is 0 Å². The van der Waals surface area contributed by atoms with Crippen LogP contribution >= 0.6 is 23.2 Å². The van der Waals surface area contributed by atoms with E-state index in [9.17, 15) is 4.79 Å². The fraction of sp³-hybridized carbons (Fsp3) is 0.133. The minimum Gasteiger partial charge on any atom is -0.330 e. The van der Waals surface area contributed by atoms with Crippen LogP contribution < -0.4 is 11.1 Å². The molecule has 3 N–H and O–H groups in total. The second kappa shape index (κ2) is 6.75. The summed E-state index contributed by atoms with van der Waals surface area (Å²) in [5, 5.41) is 3.56. The number of rotatable bonds is 4. The van der Waals surface area contributed by atoms with E-state index in [1.807, 2.05) is 18.2 Å². The summed E-state index contributed by atoms with van der Waals surface area (Å²) < 4.78 is 0. The van der Waals surface area contributed by atoms with Crippen LogP contribution in [0.2, 0.25) is 10.0 Å². The zero-order valence-electron chi connectivity index (χ0n) is 10.7. The van der Waals surface area contributed by atoms with Gasteiger partial charge >= 0.3 is 0 Å². The number of hydrogen-bond donors (Lipinski definition) is 2. The Morgan fingerprint density at radius 1 is 1.05 bits per heavy atom. The van der Waals surface area contributed by atoms with Crippen molar-refractivity contribution in [1.82, 2.24) is 0 Å². The van der Waals surface area contributed by atoms with Gasteiger partial charge in [0.2, 0.25) is 0 Å². The van der Waals surface area contributed by atoms with Crippen LogP contribution in [0.4, 0.5) is 5.69 Å². The molecule has 0 aromatic heterocycles. The SMILES string of the molecule is NCCc1ccccc1C(=O)Nc1c(Cl)cccc1Cl. The molecule has 2 rings (SSSR count). The van der Waals surface area contributed by atoms with Gasteiger partial charge in [0.25, 0.3) is 5.91 Å². The van der Waals surface area contributed by atoms with E-state index in [0.717, 1.165) is 5.56 Å². The highest BCUT2D eigenvalue weighted by Crippen LogP contribution is 2.30. The predicted octanol–water partition coefficient (Wildman–Crippen LogP) is 3.75. The van der Waals surface area contributed by atoms with Crippen LogP contribution in [0.3, 0.4) is 0 Å². The molecule has 1 amide bonds. The first kappa shape index (κ1) is 14.9. The average molecular weight is 309 g/mol. The first-order valence-electron chi connectivity index (χ1n) is 6.17. The van der Waals surface area contributed by atoms with Crippen molar-refractivity contribution in [1.29, 1.82) is 0 Å². The third kappa shape index (κ3) is 3.31. The highest BCUT2D eigenvalue weighted by Gasteiger charge is 2.14. The summed E-state index contributed by atoms with van der Waals surface area (Å²) in [5.41, 5.74) is 7.45. The van der Waals surface area contributed by atoms with E-state index in [-0.39, 0.29) is 5.91 Å². The summed E-state index contributed by atoms with van der Waals surface area (Å²) in [7, 11) is 0. The predicted molar refractivity (Wildman–Crippen MR) is 83.6 cm³/mol. The van der Waals surface area contributed by atoms with Crippen LogP contribution in [0.5, 0.6) is 0 Å². The Kier molecular flexibility index (Phi) is 5.01. The highest BCUT2D eigenvalue weighted by atomic mass is 35.5. The lowest BCUT2D eigenvalue weighted by atomic mass is 10.0. The fourth-order valence-electron chi connectivity index (χ4n) is 1.91. The van der Waals surface area contributed by atoms with Crippen LogP contribution in [0, 0.1) is 0 Å². The van der Waals surface area contributed by atoms with Gasteiger partial charge in [-0.1, -0.05) is 47.5 Å². The smallest absolute Gasteiger partial charge is 0.256 e. The molecule has 2 aromatic rings. The van der Waals surface area contributed by atoms with Crippen LogP contribution in [-0.2, 0) is 6.42 Å². The number of anilines is 1. The molecule has 0 spiro atoms. The maximum atomic E-state index is 12.3. The lowest BCUT2D eigenvalue weighted by molar-refractivity contribution is 0.102. The van der Waals surface area contributed by atoms with Crippen molar-refractivity contribution in [3.8, 4) is 0 Å². The molecular weight excluding hydrogens is 295 g/mol. The minimum atomic E-state index is -0.246. The first-order chi connectivity index (χ1) is 9.63. The Balaban J connectivity index is 2.29. The molecule has 0 heterocycles. The Labute approximate surface area is 127 Å². The van der Waals surface area contributed by atoms with Crippen molar-refractivity contribution in [2.45, 2.75) is 6.42 Å². The molecule has 0 bridgehead atoms. The number of hydrogen-bond acceptors (Lipinski definition) is 2. The number of nitrogens with one attached hydrogen (secondary N) is 1. The van der Waals surface area contributed by atoms with Crippen LogP contribution in [0.1, 0.15) is 15.9 Å². The largest absolute Gasteiger partial charge is 0.330 e. The van der Waals surface area contributed by atoms with Gasteiger partial charge in [-0.15, -0.1) is 0 Å². The Morgan fingerprint density at radius 3 is 2.35 bits per heavy atom. The van der Waals surface area contributed by atoms with Gasteiger partial charge < -0.3 is 11.1 Å². The molecule has 0 radical (unpaired) electrons. The molecule has 3 nitrogen and oxygen atoms in total. The van der Waals surface area contributed by atoms with Crippen molar-refractivity contribution < 1.29 is 4.79 Å². The normalized spacial score (nSPS) is 10.3. The van der Waals surface area contributed by atoms with Gasteiger partial charge in [-0.2, -0.15) is 0 Å². The number of amides is 1. The second-order valence-corrected chi connectivity index (χ2v) is 5.06. The Morgan fingerprint density at radius 2 is 1.70 bits per heavy atom. The van der Waals surface area contributed by atoms with Crippen molar-refractivity contribution in [2.24, 2.45) is 5.73 Å². The molecule has 0 fully saturated rings. The monoisotopic (exact) mass is 308 g/mol. The van der Waals surface area contributed by atoms with E-state index in [4.69, 9.17) is 28.9 Å². The topological polar surface area (TPSA) is 55.1 Å². The summed E-state index contributed by atoms with van der Waals surface area (Å²) in [5.74, 6) is -0.246. The van der Waals surface area contributed by atoms with Gasteiger partial charge in [0.1, 0.15) is 0 Å². The molecule has 5 heteroatoms. The van der Waals surface area contributed by atoms with E-state index in [1.54, 1.807) is 24.3 Å². The zero-order chi connectivity index (χ0) is 14.5. The quantitative estimate of drug-likeness (QED) is 0.904. The minimum absolute atomic E-state index is 0.246. The molecule has 0 unspecified atom stereocenters. The summed E-state index contributed by atoms with van der Waals surface area (Å²) in [6.45, 7) is 0.483. The lowest BCUT2D eigenvalue weighted by Gasteiger charge is -2.11. The summed E-state index contributed by atoms with van der Waals surface area (Å²) in [6.07, 6.45) is 0.639. The lowest BCUT2D eigenvalue weighted by Crippen LogP contribution is -2.16. The van der Waals surface area contributed by atoms with E-state index in [0.29, 0.717) is 34.3 Å². The molecule has 0 aliphatic carbocycles. The molecular formula is C15H14Cl2N2O. The summed E-state index contributed by atoms with van der Waals surface area (Å²) in [4.78, 5) is 12.3.